The molecule has 12 rings (SSSR count). The number of imidazole rings is 2. The van der Waals surface area contributed by atoms with Crippen LogP contribution in [-0.2, 0) is 0 Å². The van der Waals surface area contributed by atoms with Gasteiger partial charge in [-0.2, -0.15) is 0 Å². The monoisotopic (exact) mass is 818 g/mol. The van der Waals surface area contributed by atoms with Crippen LogP contribution in [0.3, 0.4) is 0 Å². The first kappa shape index (κ1) is 37.4. The molecule has 0 aliphatic heterocycles. The molecule has 0 aliphatic carbocycles. The molecule has 0 spiro atoms. The lowest BCUT2D eigenvalue weighted by Crippen LogP contribution is -1.99. The molecule has 302 valence electrons. The van der Waals surface area contributed by atoms with E-state index in [1.807, 2.05) is 0 Å². The van der Waals surface area contributed by atoms with Gasteiger partial charge in [0.15, 0.2) is 0 Å². The van der Waals surface area contributed by atoms with E-state index in [1.165, 1.54) is 43.8 Å². The summed E-state index contributed by atoms with van der Waals surface area (Å²) in [6, 6.07) is 78.7. The standard InChI is InChI=1S/C60H42N4/c1-39-17-15-27-53-57(39)61-59(44-23-11-5-12-24-44)63(53)47-32-29-41(30-33-47)46-31-35-49-51(37-46)55(42-19-7-3-8-20-42)50-36-34-48(38-52(50)56(49)43-21-9-4-10-22-43)64-54-28-16-18-40(2)58(54)62-60(64)45-25-13-6-14-26-45/h3-38H,1-2H3. The Morgan fingerprint density at radius 3 is 1.20 bits per heavy atom. The maximum Gasteiger partial charge on any atom is 0.145 e. The average Bonchev–Trinajstić information content (AvgIpc) is 3.95. The van der Waals surface area contributed by atoms with Crippen LogP contribution in [0, 0.1) is 13.8 Å². The zero-order valence-corrected chi connectivity index (χ0v) is 35.6. The number of hydrogen-bond acceptors (Lipinski definition) is 2. The summed E-state index contributed by atoms with van der Waals surface area (Å²) in [6.07, 6.45) is 0. The van der Waals surface area contributed by atoms with Crippen molar-refractivity contribution in [3.05, 3.63) is 230 Å². The highest BCUT2D eigenvalue weighted by molar-refractivity contribution is 6.22. The van der Waals surface area contributed by atoms with Crippen LogP contribution in [0.4, 0.5) is 0 Å². The number of fused-ring (bicyclic) bond motifs is 4. The van der Waals surface area contributed by atoms with Gasteiger partial charge in [0.25, 0.3) is 0 Å². The maximum absolute atomic E-state index is 5.29. The quantitative estimate of drug-likeness (QED) is 0.150. The Kier molecular flexibility index (Phi) is 8.91. The van der Waals surface area contributed by atoms with Crippen LogP contribution in [0.5, 0.6) is 0 Å². The summed E-state index contributed by atoms with van der Waals surface area (Å²) in [6.45, 7) is 4.28. The van der Waals surface area contributed by atoms with E-state index in [0.29, 0.717) is 0 Å². The van der Waals surface area contributed by atoms with Crippen molar-refractivity contribution in [1.82, 2.24) is 19.1 Å². The Labute approximate surface area is 372 Å². The van der Waals surface area contributed by atoms with Crippen molar-refractivity contribution in [3.8, 4) is 67.5 Å². The summed E-state index contributed by atoms with van der Waals surface area (Å²) in [5, 5.41) is 4.81. The first-order valence-electron chi connectivity index (χ1n) is 21.9. The lowest BCUT2D eigenvalue weighted by atomic mass is 9.84. The number of hydrogen-bond donors (Lipinski definition) is 0. The Morgan fingerprint density at radius 1 is 0.297 bits per heavy atom. The number of rotatable bonds is 7. The van der Waals surface area contributed by atoms with Gasteiger partial charge in [-0.15, -0.1) is 0 Å². The normalized spacial score (nSPS) is 11.6. The third-order valence-corrected chi connectivity index (χ3v) is 12.8. The van der Waals surface area contributed by atoms with Gasteiger partial charge in [-0.3, -0.25) is 9.13 Å². The second kappa shape index (κ2) is 15.2. The minimum Gasteiger partial charge on any atom is -0.292 e. The van der Waals surface area contributed by atoms with Gasteiger partial charge in [-0.1, -0.05) is 176 Å². The third-order valence-electron chi connectivity index (χ3n) is 12.8. The number of para-hydroxylation sites is 2. The molecule has 0 amide bonds. The summed E-state index contributed by atoms with van der Waals surface area (Å²) in [4.78, 5) is 10.5. The molecule has 0 atom stereocenters. The molecule has 0 bridgehead atoms. The zero-order chi connectivity index (χ0) is 42.7. The van der Waals surface area contributed by atoms with E-state index in [9.17, 15) is 0 Å². The molecular formula is C60H42N4. The van der Waals surface area contributed by atoms with Crippen molar-refractivity contribution in [1.29, 1.82) is 0 Å². The minimum atomic E-state index is 0.929. The van der Waals surface area contributed by atoms with E-state index < -0.39 is 0 Å². The van der Waals surface area contributed by atoms with E-state index in [1.54, 1.807) is 0 Å². The van der Waals surface area contributed by atoms with Crippen LogP contribution < -0.4 is 0 Å². The summed E-state index contributed by atoms with van der Waals surface area (Å²) in [5.74, 6) is 1.87. The second-order valence-corrected chi connectivity index (χ2v) is 16.7. The molecule has 2 heterocycles. The van der Waals surface area contributed by atoms with Gasteiger partial charge < -0.3 is 0 Å². The van der Waals surface area contributed by atoms with Crippen LogP contribution >= 0.6 is 0 Å². The highest BCUT2D eigenvalue weighted by Gasteiger charge is 2.22. The lowest BCUT2D eigenvalue weighted by Gasteiger charge is -2.20. The smallest absolute Gasteiger partial charge is 0.145 e. The molecule has 2 aromatic heterocycles. The van der Waals surface area contributed by atoms with Crippen LogP contribution in [0.25, 0.3) is 111 Å². The highest BCUT2D eigenvalue weighted by Crippen LogP contribution is 2.46. The van der Waals surface area contributed by atoms with Crippen molar-refractivity contribution in [2.45, 2.75) is 13.8 Å². The summed E-state index contributed by atoms with van der Waals surface area (Å²) < 4.78 is 4.63. The Balaban J connectivity index is 1.08. The molecular weight excluding hydrogens is 777 g/mol. The van der Waals surface area contributed by atoms with E-state index in [4.69, 9.17) is 9.97 Å². The average molecular weight is 819 g/mol. The van der Waals surface area contributed by atoms with Gasteiger partial charge in [0.1, 0.15) is 11.6 Å². The SMILES string of the molecule is Cc1cccc2c1nc(-c1ccccc1)n2-c1ccc(-c2ccc3c(-c4ccccc4)c4cc(-n5c(-c6ccccc6)nc6c(C)cccc65)ccc4c(-c4ccccc4)c3c2)cc1. The van der Waals surface area contributed by atoms with Gasteiger partial charge in [0.2, 0.25) is 0 Å². The fraction of sp³-hybridized carbons (Fsp3) is 0.0333. The van der Waals surface area contributed by atoms with E-state index in [2.05, 4.69) is 241 Å². The number of benzene rings is 10. The van der Waals surface area contributed by atoms with Crippen LogP contribution in [0.2, 0.25) is 0 Å². The number of nitrogens with zero attached hydrogens (tertiary/aromatic N) is 4. The molecule has 0 aliphatic rings. The topological polar surface area (TPSA) is 35.6 Å². The second-order valence-electron chi connectivity index (χ2n) is 16.7. The van der Waals surface area contributed by atoms with Crippen molar-refractivity contribution in [2.24, 2.45) is 0 Å². The van der Waals surface area contributed by atoms with Gasteiger partial charge in [-0.25, -0.2) is 9.97 Å². The predicted molar refractivity (Wildman–Crippen MR) is 267 cm³/mol. The molecule has 0 N–H and O–H groups in total. The molecule has 4 heteroatoms. The molecule has 64 heavy (non-hydrogen) atoms. The number of aryl methyl sites for hydroxylation is 2. The third kappa shape index (κ3) is 6.14. The Hall–Kier alpha value is -8.34. The van der Waals surface area contributed by atoms with Crippen molar-refractivity contribution < 1.29 is 0 Å². The predicted octanol–water partition coefficient (Wildman–Crippen LogP) is 15.6. The van der Waals surface area contributed by atoms with Gasteiger partial charge in [-0.05, 0) is 122 Å². The molecule has 0 saturated carbocycles. The molecule has 0 saturated heterocycles. The van der Waals surface area contributed by atoms with Gasteiger partial charge >= 0.3 is 0 Å². The summed E-state index contributed by atoms with van der Waals surface area (Å²) in [7, 11) is 0. The zero-order valence-electron chi connectivity index (χ0n) is 35.6. The molecule has 0 unspecified atom stereocenters. The largest absolute Gasteiger partial charge is 0.292 e. The first-order valence-corrected chi connectivity index (χ1v) is 21.9. The van der Waals surface area contributed by atoms with Crippen molar-refractivity contribution in [3.63, 3.8) is 0 Å². The molecule has 0 radical (unpaired) electrons. The van der Waals surface area contributed by atoms with Crippen LogP contribution in [-0.4, -0.2) is 19.1 Å². The Bertz CT molecular complexity index is 3700. The fourth-order valence-corrected chi connectivity index (χ4v) is 9.73. The fourth-order valence-electron chi connectivity index (χ4n) is 9.73. The number of aromatic nitrogens is 4. The van der Waals surface area contributed by atoms with Crippen LogP contribution in [0.15, 0.2) is 218 Å². The van der Waals surface area contributed by atoms with Crippen LogP contribution in [0.1, 0.15) is 11.1 Å². The maximum atomic E-state index is 5.29. The van der Waals surface area contributed by atoms with Gasteiger partial charge in [0, 0.05) is 22.5 Å². The van der Waals surface area contributed by atoms with E-state index in [0.717, 1.165) is 78.5 Å². The lowest BCUT2D eigenvalue weighted by molar-refractivity contribution is 1.10. The van der Waals surface area contributed by atoms with E-state index >= 15 is 0 Å². The van der Waals surface area contributed by atoms with Crippen molar-refractivity contribution >= 4 is 43.6 Å². The summed E-state index contributed by atoms with van der Waals surface area (Å²) in [5.41, 5.74) is 18.0. The molecule has 4 nitrogen and oxygen atoms in total. The summed E-state index contributed by atoms with van der Waals surface area (Å²) >= 11 is 0. The molecule has 0 fully saturated rings. The highest BCUT2D eigenvalue weighted by atomic mass is 15.1. The van der Waals surface area contributed by atoms with E-state index in [-0.39, 0.29) is 0 Å². The minimum absolute atomic E-state index is 0.929. The van der Waals surface area contributed by atoms with Gasteiger partial charge in [0.05, 0.1) is 22.1 Å². The first-order chi connectivity index (χ1) is 31.6. The Morgan fingerprint density at radius 2 is 0.703 bits per heavy atom. The molecule has 12 aromatic rings. The van der Waals surface area contributed by atoms with Crippen molar-refractivity contribution in [2.75, 3.05) is 0 Å². The molecule has 10 aromatic carbocycles.